The lowest BCUT2D eigenvalue weighted by Crippen LogP contribution is -2.50. The van der Waals surface area contributed by atoms with Crippen molar-refractivity contribution in [2.75, 3.05) is 26.2 Å². The van der Waals surface area contributed by atoms with Crippen LogP contribution in [0.1, 0.15) is 31.4 Å². The number of nitrogens with zero attached hydrogens (tertiary/aromatic N) is 2. The average Bonchev–Trinajstić information content (AvgIpc) is 2.93. The second kappa shape index (κ2) is 6.16. The van der Waals surface area contributed by atoms with E-state index in [0.29, 0.717) is 11.6 Å². The molecule has 3 heterocycles. The van der Waals surface area contributed by atoms with Crippen molar-refractivity contribution < 1.29 is 9.13 Å². The van der Waals surface area contributed by atoms with Crippen LogP contribution in [0.2, 0.25) is 0 Å². The first-order chi connectivity index (χ1) is 9.79. The maximum atomic E-state index is 14.0. The highest BCUT2D eigenvalue weighted by Gasteiger charge is 2.36. The van der Waals surface area contributed by atoms with Crippen molar-refractivity contribution in [1.29, 1.82) is 0 Å². The molecule has 2 fully saturated rings. The van der Waals surface area contributed by atoms with Crippen molar-refractivity contribution >= 4 is 0 Å². The fourth-order valence-electron chi connectivity index (χ4n) is 3.34. The summed E-state index contributed by atoms with van der Waals surface area (Å²) in [6.07, 6.45) is 5.39. The lowest BCUT2D eigenvalue weighted by atomic mass is 9.99. The molecule has 3 atom stereocenters. The van der Waals surface area contributed by atoms with Gasteiger partial charge in [0.1, 0.15) is 5.82 Å². The van der Waals surface area contributed by atoms with Crippen molar-refractivity contribution in [3.63, 3.8) is 0 Å². The minimum atomic E-state index is -0.259. The molecule has 2 aliphatic rings. The topological polar surface area (TPSA) is 37.4 Å². The first-order valence-corrected chi connectivity index (χ1v) is 7.48. The number of likely N-dealkylation sites (N-methyl/N-ethyl adjacent to an activating group) is 1. The molecule has 0 radical (unpaired) electrons. The monoisotopic (exact) mass is 279 g/mol. The van der Waals surface area contributed by atoms with Crippen molar-refractivity contribution in [2.24, 2.45) is 0 Å². The summed E-state index contributed by atoms with van der Waals surface area (Å²) in [4.78, 5) is 6.32. The number of hydrogen-bond donors (Lipinski definition) is 1. The van der Waals surface area contributed by atoms with E-state index in [1.807, 2.05) is 6.92 Å². The van der Waals surface area contributed by atoms with Gasteiger partial charge in [-0.3, -0.25) is 9.88 Å². The molecule has 20 heavy (non-hydrogen) atoms. The molecule has 2 aliphatic heterocycles. The number of rotatable bonds is 4. The molecule has 0 aromatic carbocycles. The Balaban J connectivity index is 1.78. The fraction of sp³-hybridized carbons (Fsp3) is 0.667. The summed E-state index contributed by atoms with van der Waals surface area (Å²) in [5, 5.41) is 3.37. The van der Waals surface area contributed by atoms with Crippen molar-refractivity contribution in [3.8, 4) is 0 Å². The van der Waals surface area contributed by atoms with Crippen LogP contribution < -0.4 is 5.32 Å². The highest BCUT2D eigenvalue weighted by atomic mass is 19.1. The Hall–Kier alpha value is -1.04. The Bertz CT molecular complexity index is 456. The molecule has 1 aromatic rings. The van der Waals surface area contributed by atoms with Gasteiger partial charge in [0.2, 0.25) is 0 Å². The molecule has 0 bridgehead atoms. The molecule has 3 unspecified atom stereocenters. The summed E-state index contributed by atoms with van der Waals surface area (Å²) in [5.74, 6) is -0.259. The summed E-state index contributed by atoms with van der Waals surface area (Å²) in [6.45, 7) is 5.61. The third-order valence-electron chi connectivity index (χ3n) is 4.35. The van der Waals surface area contributed by atoms with Gasteiger partial charge in [-0.25, -0.2) is 4.39 Å². The van der Waals surface area contributed by atoms with Gasteiger partial charge in [-0.2, -0.15) is 0 Å². The highest BCUT2D eigenvalue weighted by Crippen LogP contribution is 2.29. The zero-order chi connectivity index (χ0) is 13.9. The van der Waals surface area contributed by atoms with Gasteiger partial charge in [0, 0.05) is 24.3 Å². The predicted octanol–water partition coefficient (Wildman–Crippen LogP) is 1.73. The van der Waals surface area contributed by atoms with E-state index in [1.165, 1.54) is 19.0 Å². The predicted molar refractivity (Wildman–Crippen MR) is 74.9 cm³/mol. The largest absolute Gasteiger partial charge is 0.373 e. The number of halogens is 1. The number of hydrogen-bond acceptors (Lipinski definition) is 4. The molecule has 2 saturated heterocycles. The van der Waals surface area contributed by atoms with Gasteiger partial charge >= 0.3 is 0 Å². The van der Waals surface area contributed by atoms with Crippen LogP contribution in [0.5, 0.6) is 0 Å². The van der Waals surface area contributed by atoms with E-state index in [1.54, 1.807) is 12.3 Å². The van der Waals surface area contributed by atoms with Crippen LogP contribution in [-0.2, 0) is 4.74 Å². The van der Waals surface area contributed by atoms with E-state index in [-0.39, 0.29) is 18.0 Å². The number of pyridine rings is 1. The lowest BCUT2D eigenvalue weighted by Gasteiger charge is -2.39. The summed E-state index contributed by atoms with van der Waals surface area (Å²) in [5.41, 5.74) is 0.657. The zero-order valence-electron chi connectivity index (χ0n) is 11.9. The third kappa shape index (κ3) is 2.71. The van der Waals surface area contributed by atoms with Gasteiger partial charge in [-0.05, 0) is 32.0 Å². The number of aromatic nitrogens is 1. The summed E-state index contributed by atoms with van der Waals surface area (Å²) in [7, 11) is 0. The van der Waals surface area contributed by atoms with Crippen LogP contribution in [0.15, 0.2) is 18.5 Å². The fourth-order valence-corrected chi connectivity index (χ4v) is 3.34. The van der Waals surface area contributed by atoms with Gasteiger partial charge in [0.25, 0.3) is 0 Å². The molecular formula is C15H22FN3O. The van der Waals surface area contributed by atoms with Crippen LogP contribution in [0.4, 0.5) is 4.39 Å². The number of nitrogens with one attached hydrogen (secondary N) is 1. The second-order valence-corrected chi connectivity index (χ2v) is 5.60. The Labute approximate surface area is 119 Å². The summed E-state index contributed by atoms with van der Waals surface area (Å²) in [6, 6.07) is 2.21. The van der Waals surface area contributed by atoms with Gasteiger partial charge in [-0.1, -0.05) is 6.92 Å². The van der Waals surface area contributed by atoms with Gasteiger partial charge in [-0.15, -0.1) is 0 Å². The van der Waals surface area contributed by atoms with Crippen molar-refractivity contribution in [1.82, 2.24) is 15.2 Å². The molecule has 0 aliphatic carbocycles. The Morgan fingerprint density at radius 1 is 1.60 bits per heavy atom. The molecule has 1 N–H and O–H groups in total. The van der Waals surface area contributed by atoms with Crippen molar-refractivity contribution in [3.05, 3.63) is 29.8 Å². The SMILES string of the molecule is CCNC(c1ccncc1F)C1CN2CCCC2CO1. The van der Waals surface area contributed by atoms with E-state index in [0.717, 1.165) is 26.2 Å². The van der Waals surface area contributed by atoms with Crippen LogP contribution >= 0.6 is 0 Å². The Kier molecular flexibility index (Phi) is 4.29. The molecule has 1 aromatic heterocycles. The summed E-state index contributed by atoms with van der Waals surface area (Å²) >= 11 is 0. The maximum absolute atomic E-state index is 14.0. The average molecular weight is 279 g/mol. The van der Waals surface area contributed by atoms with Gasteiger partial charge < -0.3 is 10.1 Å². The first-order valence-electron chi connectivity index (χ1n) is 7.48. The van der Waals surface area contributed by atoms with Crippen LogP contribution in [0.25, 0.3) is 0 Å². The summed E-state index contributed by atoms with van der Waals surface area (Å²) < 4.78 is 20.0. The minimum Gasteiger partial charge on any atom is -0.373 e. The van der Waals surface area contributed by atoms with Crippen molar-refractivity contribution in [2.45, 2.75) is 38.0 Å². The Morgan fingerprint density at radius 2 is 2.50 bits per heavy atom. The quantitative estimate of drug-likeness (QED) is 0.911. The molecule has 0 spiro atoms. The number of fused-ring (bicyclic) bond motifs is 1. The second-order valence-electron chi connectivity index (χ2n) is 5.60. The van der Waals surface area contributed by atoms with Gasteiger partial charge in [0.05, 0.1) is 24.9 Å². The Morgan fingerprint density at radius 3 is 3.30 bits per heavy atom. The first kappa shape index (κ1) is 13.9. The molecule has 0 amide bonds. The molecule has 4 nitrogen and oxygen atoms in total. The minimum absolute atomic E-state index is 0.00111. The van der Waals surface area contributed by atoms with E-state index in [9.17, 15) is 4.39 Å². The van der Waals surface area contributed by atoms with Gasteiger partial charge in [0.15, 0.2) is 0 Å². The number of ether oxygens (including phenoxy) is 1. The maximum Gasteiger partial charge on any atom is 0.146 e. The third-order valence-corrected chi connectivity index (χ3v) is 4.35. The van der Waals surface area contributed by atoms with Crippen LogP contribution in [-0.4, -0.2) is 48.3 Å². The molecule has 5 heteroatoms. The smallest absolute Gasteiger partial charge is 0.146 e. The molecule has 3 rings (SSSR count). The van der Waals surface area contributed by atoms with E-state index >= 15 is 0 Å². The number of morpholine rings is 1. The molecular weight excluding hydrogens is 257 g/mol. The normalized spacial score (nSPS) is 28.3. The van der Waals surface area contributed by atoms with E-state index < -0.39 is 0 Å². The van der Waals surface area contributed by atoms with Crippen LogP contribution in [0.3, 0.4) is 0 Å². The zero-order valence-corrected chi connectivity index (χ0v) is 11.9. The van der Waals surface area contributed by atoms with E-state index in [2.05, 4.69) is 15.2 Å². The van der Waals surface area contributed by atoms with Crippen LogP contribution in [0, 0.1) is 5.82 Å². The highest BCUT2D eigenvalue weighted by molar-refractivity contribution is 5.19. The molecule has 110 valence electrons. The molecule has 0 saturated carbocycles. The lowest BCUT2D eigenvalue weighted by molar-refractivity contribution is -0.0655. The standard InChI is InChI=1S/C15H22FN3O/c1-2-18-15(12-5-6-17-8-13(12)16)14-9-19-7-3-4-11(19)10-20-14/h5-6,8,11,14-15,18H,2-4,7,9-10H2,1H3. The van der Waals surface area contributed by atoms with E-state index in [4.69, 9.17) is 4.74 Å².